The largest absolute Gasteiger partial charge is 0.376 e. The topological polar surface area (TPSA) is 56.1 Å². The van der Waals surface area contributed by atoms with Gasteiger partial charge in [0.2, 0.25) is 5.91 Å². The van der Waals surface area contributed by atoms with E-state index in [4.69, 9.17) is 5.26 Å². The molecule has 4 nitrogen and oxygen atoms in total. The van der Waals surface area contributed by atoms with Gasteiger partial charge in [0, 0.05) is 18.8 Å². The van der Waals surface area contributed by atoms with Crippen LogP contribution in [0.3, 0.4) is 0 Å². The van der Waals surface area contributed by atoms with Gasteiger partial charge in [-0.1, -0.05) is 6.07 Å². The summed E-state index contributed by atoms with van der Waals surface area (Å²) in [6, 6.07) is 9.33. The van der Waals surface area contributed by atoms with Crippen molar-refractivity contribution in [2.45, 2.75) is 19.9 Å². The highest BCUT2D eigenvalue weighted by molar-refractivity contribution is 5.80. The number of benzene rings is 1. The lowest BCUT2D eigenvalue weighted by molar-refractivity contribution is -0.129. The molecule has 1 amide bonds. The molecule has 17 heavy (non-hydrogen) atoms. The number of carbonyl (C=O) groups is 1. The summed E-state index contributed by atoms with van der Waals surface area (Å²) in [5.41, 5.74) is 1.37. The minimum atomic E-state index is 0.0300. The number of rotatable bonds is 4. The molecule has 1 aromatic carbocycles. The number of nitriles is 1. The number of hydrogen-bond donors (Lipinski definition) is 1. The van der Waals surface area contributed by atoms with Gasteiger partial charge in [0.1, 0.15) is 0 Å². The van der Waals surface area contributed by atoms with Gasteiger partial charge in [-0.15, -0.1) is 0 Å². The fourth-order valence-electron chi connectivity index (χ4n) is 1.29. The van der Waals surface area contributed by atoms with Crippen molar-refractivity contribution < 1.29 is 4.79 Å². The maximum atomic E-state index is 11.7. The quantitative estimate of drug-likeness (QED) is 0.860. The number of nitrogens with zero attached hydrogens (tertiary/aromatic N) is 2. The maximum absolute atomic E-state index is 11.7. The van der Waals surface area contributed by atoms with Crippen molar-refractivity contribution in [1.82, 2.24) is 4.90 Å². The molecule has 90 valence electrons. The summed E-state index contributed by atoms with van der Waals surface area (Å²) in [5.74, 6) is 0.0300. The van der Waals surface area contributed by atoms with Crippen molar-refractivity contribution >= 4 is 11.6 Å². The van der Waals surface area contributed by atoms with Crippen LogP contribution in [-0.4, -0.2) is 30.4 Å². The summed E-state index contributed by atoms with van der Waals surface area (Å²) in [4.78, 5) is 13.4. The lowest BCUT2D eigenvalue weighted by Crippen LogP contribution is -2.37. The highest BCUT2D eigenvalue weighted by Crippen LogP contribution is 2.09. The van der Waals surface area contributed by atoms with Crippen molar-refractivity contribution in [3.05, 3.63) is 29.8 Å². The highest BCUT2D eigenvalue weighted by Gasteiger charge is 2.10. The van der Waals surface area contributed by atoms with Crippen LogP contribution in [0.25, 0.3) is 0 Å². The van der Waals surface area contributed by atoms with Crippen molar-refractivity contribution in [2.24, 2.45) is 0 Å². The Bertz CT molecular complexity index is 435. The third-order valence-electron chi connectivity index (χ3n) is 2.60. The molecule has 0 spiro atoms. The molecule has 0 radical (unpaired) electrons. The second kappa shape index (κ2) is 5.90. The number of likely N-dealkylation sites (N-methyl/N-ethyl adjacent to an activating group) is 1. The molecule has 0 aliphatic heterocycles. The Morgan fingerprint density at radius 1 is 1.53 bits per heavy atom. The van der Waals surface area contributed by atoms with Gasteiger partial charge in [-0.25, -0.2) is 0 Å². The molecule has 0 aromatic heterocycles. The first kappa shape index (κ1) is 13.0. The average molecular weight is 231 g/mol. The first-order chi connectivity index (χ1) is 8.04. The molecule has 0 bridgehead atoms. The molecular weight excluding hydrogens is 214 g/mol. The molecule has 0 aliphatic carbocycles. The molecular formula is C13H17N3O. The van der Waals surface area contributed by atoms with Crippen molar-refractivity contribution in [3.63, 3.8) is 0 Å². The maximum Gasteiger partial charge on any atom is 0.241 e. The minimum absolute atomic E-state index is 0.0300. The lowest BCUT2D eigenvalue weighted by Gasteiger charge is -2.21. The minimum Gasteiger partial charge on any atom is -0.376 e. The van der Waals surface area contributed by atoms with Crippen LogP contribution in [0.1, 0.15) is 19.4 Å². The summed E-state index contributed by atoms with van der Waals surface area (Å²) >= 11 is 0. The second-order valence-corrected chi connectivity index (χ2v) is 4.14. The third kappa shape index (κ3) is 3.80. The molecule has 0 saturated heterocycles. The van der Waals surface area contributed by atoms with Crippen LogP contribution in [0.5, 0.6) is 0 Å². The van der Waals surface area contributed by atoms with E-state index >= 15 is 0 Å². The smallest absolute Gasteiger partial charge is 0.241 e. The van der Waals surface area contributed by atoms with E-state index < -0.39 is 0 Å². The van der Waals surface area contributed by atoms with Gasteiger partial charge in [-0.3, -0.25) is 4.79 Å². The van der Waals surface area contributed by atoms with E-state index in [9.17, 15) is 4.79 Å². The molecule has 1 N–H and O–H groups in total. The van der Waals surface area contributed by atoms with Crippen molar-refractivity contribution in [2.75, 3.05) is 18.9 Å². The van der Waals surface area contributed by atoms with Gasteiger partial charge in [0.15, 0.2) is 0 Å². The Morgan fingerprint density at radius 3 is 2.82 bits per heavy atom. The van der Waals surface area contributed by atoms with E-state index in [1.54, 1.807) is 30.1 Å². The molecule has 1 rings (SSSR count). The average Bonchev–Trinajstić information content (AvgIpc) is 2.35. The monoisotopic (exact) mass is 231 g/mol. The molecule has 0 saturated carbocycles. The van der Waals surface area contributed by atoms with Crippen molar-refractivity contribution in [1.29, 1.82) is 5.26 Å². The van der Waals surface area contributed by atoms with Crippen LogP contribution in [0.4, 0.5) is 5.69 Å². The first-order valence-electron chi connectivity index (χ1n) is 5.54. The number of amides is 1. The zero-order chi connectivity index (χ0) is 12.8. The van der Waals surface area contributed by atoms with Crippen LogP contribution in [0, 0.1) is 11.3 Å². The fourth-order valence-corrected chi connectivity index (χ4v) is 1.29. The molecule has 0 unspecified atom stereocenters. The lowest BCUT2D eigenvalue weighted by atomic mass is 10.2. The molecule has 0 fully saturated rings. The van der Waals surface area contributed by atoms with Crippen LogP contribution < -0.4 is 5.32 Å². The standard InChI is InChI=1S/C13H17N3O/c1-10(2)16(3)13(17)9-15-12-6-4-5-11(7-12)8-14/h4-7,10,15H,9H2,1-3H3. The van der Waals surface area contributed by atoms with Gasteiger partial charge in [0.05, 0.1) is 18.2 Å². The Labute approximate surface area is 102 Å². The van der Waals surface area contributed by atoms with Gasteiger partial charge in [-0.2, -0.15) is 5.26 Å². The summed E-state index contributed by atoms with van der Waals surface area (Å²) in [7, 11) is 1.78. The summed E-state index contributed by atoms with van der Waals surface area (Å²) < 4.78 is 0. The van der Waals surface area contributed by atoms with E-state index in [0.717, 1.165) is 5.69 Å². The Hall–Kier alpha value is -2.02. The zero-order valence-corrected chi connectivity index (χ0v) is 10.4. The normalized spacial score (nSPS) is 9.82. The van der Waals surface area contributed by atoms with Crippen LogP contribution >= 0.6 is 0 Å². The summed E-state index contributed by atoms with van der Waals surface area (Å²) in [6.07, 6.45) is 0. The zero-order valence-electron chi connectivity index (χ0n) is 10.4. The SMILES string of the molecule is CC(C)N(C)C(=O)CNc1cccc(C#N)c1. The first-order valence-corrected chi connectivity index (χ1v) is 5.54. The number of carbonyl (C=O) groups excluding carboxylic acids is 1. The van der Waals surface area contributed by atoms with Crippen LogP contribution in [0.15, 0.2) is 24.3 Å². The summed E-state index contributed by atoms with van der Waals surface area (Å²) in [6.45, 7) is 4.17. The predicted molar refractivity (Wildman–Crippen MR) is 67.6 cm³/mol. The number of nitrogens with one attached hydrogen (secondary N) is 1. The molecule has 4 heteroatoms. The third-order valence-corrected chi connectivity index (χ3v) is 2.60. The van der Waals surface area contributed by atoms with E-state index in [1.165, 1.54) is 0 Å². The molecule has 0 aliphatic rings. The van der Waals surface area contributed by atoms with E-state index in [1.807, 2.05) is 19.9 Å². The Morgan fingerprint density at radius 2 is 2.24 bits per heavy atom. The summed E-state index contributed by atoms with van der Waals surface area (Å²) in [5, 5.41) is 11.8. The van der Waals surface area contributed by atoms with Crippen LogP contribution in [-0.2, 0) is 4.79 Å². The molecule has 0 heterocycles. The van der Waals surface area contributed by atoms with E-state index in [2.05, 4.69) is 11.4 Å². The van der Waals surface area contributed by atoms with E-state index in [-0.39, 0.29) is 18.5 Å². The van der Waals surface area contributed by atoms with Gasteiger partial charge in [-0.05, 0) is 32.0 Å². The van der Waals surface area contributed by atoms with E-state index in [0.29, 0.717) is 5.56 Å². The van der Waals surface area contributed by atoms with Gasteiger partial charge < -0.3 is 10.2 Å². The molecule has 1 aromatic rings. The second-order valence-electron chi connectivity index (χ2n) is 4.14. The van der Waals surface area contributed by atoms with Gasteiger partial charge >= 0.3 is 0 Å². The number of anilines is 1. The highest BCUT2D eigenvalue weighted by atomic mass is 16.2. The Balaban J connectivity index is 2.56. The number of hydrogen-bond acceptors (Lipinski definition) is 3. The van der Waals surface area contributed by atoms with Gasteiger partial charge in [0.25, 0.3) is 0 Å². The fraction of sp³-hybridized carbons (Fsp3) is 0.385. The van der Waals surface area contributed by atoms with Crippen molar-refractivity contribution in [3.8, 4) is 6.07 Å². The molecule has 0 atom stereocenters. The van der Waals surface area contributed by atoms with Crippen LogP contribution in [0.2, 0.25) is 0 Å². The predicted octanol–water partition coefficient (Wildman–Crippen LogP) is 1.84. The Kier molecular flexibility index (Phi) is 4.53.